The monoisotopic (exact) mass is 364 g/mol. The van der Waals surface area contributed by atoms with Crippen LogP contribution in [0.1, 0.15) is 43.0 Å². The van der Waals surface area contributed by atoms with Crippen LogP contribution in [-0.4, -0.2) is 38.7 Å². The minimum absolute atomic E-state index is 0.0764. The van der Waals surface area contributed by atoms with Crippen LogP contribution in [0, 0.1) is 13.8 Å². The first-order valence-electron chi connectivity index (χ1n) is 9.78. The molecule has 0 aliphatic carbocycles. The van der Waals surface area contributed by atoms with E-state index in [9.17, 15) is 4.79 Å². The van der Waals surface area contributed by atoms with Crippen molar-refractivity contribution in [2.75, 3.05) is 5.32 Å². The topological polar surface area (TPSA) is 50.2 Å². The number of carbonyl (C=O) groups is 1. The minimum Gasteiger partial charge on any atom is -0.325 e. The zero-order valence-corrected chi connectivity index (χ0v) is 16.6. The maximum absolute atomic E-state index is 12.9. The molecule has 1 saturated heterocycles. The number of benzene rings is 1. The second kappa shape index (κ2) is 6.97. The Kier molecular flexibility index (Phi) is 4.64. The maximum atomic E-state index is 12.9. The van der Waals surface area contributed by atoms with Crippen LogP contribution >= 0.6 is 0 Å². The second-order valence-corrected chi connectivity index (χ2v) is 7.95. The molecular formula is C22H28N4O. The summed E-state index contributed by atoms with van der Waals surface area (Å²) in [5.41, 5.74) is 5.87. The summed E-state index contributed by atoms with van der Waals surface area (Å²) in [6, 6.07) is 8.77. The van der Waals surface area contributed by atoms with Crippen molar-refractivity contribution in [2.45, 2.75) is 58.2 Å². The van der Waals surface area contributed by atoms with Crippen LogP contribution < -0.4 is 5.32 Å². The average molecular weight is 364 g/mol. The molecule has 1 aromatic carbocycles. The third-order valence-corrected chi connectivity index (χ3v) is 6.20. The lowest BCUT2D eigenvalue weighted by molar-refractivity contribution is -0.121. The van der Waals surface area contributed by atoms with Crippen LogP contribution in [0.4, 0.5) is 5.69 Å². The van der Waals surface area contributed by atoms with Crippen molar-refractivity contribution in [1.82, 2.24) is 14.7 Å². The Morgan fingerprint density at radius 3 is 2.70 bits per heavy atom. The van der Waals surface area contributed by atoms with Crippen molar-refractivity contribution >= 4 is 17.2 Å². The summed E-state index contributed by atoms with van der Waals surface area (Å²) < 4.78 is 1.94. The number of hydrogen-bond donors (Lipinski definition) is 1. The van der Waals surface area contributed by atoms with Gasteiger partial charge in [-0.2, -0.15) is 5.10 Å². The molecule has 1 aromatic heterocycles. The maximum Gasteiger partial charge on any atom is 0.241 e. The number of carbonyl (C=O) groups excluding carboxylic acids is 1. The van der Waals surface area contributed by atoms with E-state index < -0.39 is 0 Å². The Morgan fingerprint density at radius 2 is 2.04 bits per heavy atom. The van der Waals surface area contributed by atoms with Crippen LogP contribution in [0.25, 0.3) is 5.57 Å². The molecule has 2 aromatic rings. The highest BCUT2D eigenvalue weighted by atomic mass is 16.2. The predicted octanol–water partition coefficient (Wildman–Crippen LogP) is 3.68. The van der Waals surface area contributed by atoms with Gasteiger partial charge in [0, 0.05) is 31.0 Å². The Hall–Kier alpha value is -2.40. The number of amides is 1. The Bertz CT molecular complexity index is 897. The van der Waals surface area contributed by atoms with Crippen molar-refractivity contribution in [1.29, 1.82) is 0 Å². The van der Waals surface area contributed by atoms with Gasteiger partial charge in [-0.05, 0) is 74.9 Å². The number of aromatic nitrogens is 2. The fraction of sp³-hybridized carbons (Fsp3) is 0.455. The molecule has 3 atom stereocenters. The van der Waals surface area contributed by atoms with Gasteiger partial charge in [0.05, 0.1) is 11.7 Å². The van der Waals surface area contributed by atoms with Crippen LogP contribution in [0.5, 0.6) is 0 Å². The number of nitrogens with zero attached hydrogens (tertiary/aromatic N) is 3. The summed E-state index contributed by atoms with van der Waals surface area (Å²) in [6.07, 6.45) is 7.44. The molecule has 0 spiro atoms. The number of fused-ring (bicyclic) bond motifs is 2. The quantitative estimate of drug-likeness (QED) is 0.900. The predicted molar refractivity (Wildman–Crippen MR) is 108 cm³/mol. The van der Waals surface area contributed by atoms with Gasteiger partial charge in [0.2, 0.25) is 5.91 Å². The molecule has 3 unspecified atom stereocenters. The van der Waals surface area contributed by atoms with E-state index in [0.717, 1.165) is 24.9 Å². The third kappa shape index (κ3) is 3.32. The zero-order valence-electron chi connectivity index (χ0n) is 16.6. The van der Waals surface area contributed by atoms with Crippen LogP contribution in [-0.2, 0) is 11.8 Å². The summed E-state index contributed by atoms with van der Waals surface area (Å²) in [6.45, 7) is 6.19. The Labute approximate surface area is 161 Å². The smallest absolute Gasteiger partial charge is 0.241 e. The fourth-order valence-electron chi connectivity index (χ4n) is 4.55. The summed E-state index contributed by atoms with van der Waals surface area (Å²) >= 11 is 0. The first-order valence-corrected chi connectivity index (χ1v) is 9.78. The normalized spacial score (nSPS) is 23.2. The summed E-state index contributed by atoms with van der Waals surface area (Å²) in [4.78, 5) is 15.3. The van der Waals surface area contributed by atoms with Gasteiger partial charge in [-0.1, -0.05) is 12.1 Å². The van der Waals surface area contributed by atoms with Gasteiger partial charge in [-0.3, -0.25) is 14.4 Å². The molecule has 5 nitrogen and oxygen atoms in total. The second-order valence-electron chi connectivity index (χ2n) is 7.95. The van der Waals surface area contributed by atoms with Crippen molar-refractivity contribution in [2.24, 2.45) is 7.05 Å². The summed E-state index contributed by atoms with van der Waals surface area (Å²) in [5.74, 6) is 0.0764. The van der Waals surface area contributed by atoms with Gasteiger partial charge in [0.1, 0.15) is 0 Å². The lowest BCUT2D eigenvalue weighted by atomic mass is 9.96. The molecule has 2 bridgehead atoms. The van der Waals surface area contributed by atoms with Gasteiger partial charge in [0.15, 0.2) is 0 Å². The van der Waals surface area contributed by atoms with E-state index in [0.29, 0.717) is 12.1 Å². The number of anilines is 1. The van der Waals surface area contributed by atoms with Crippen LogP contribution in [0.15, 0.2) is 36.5 Å². The SMILES string of the molecule is Cc1ccc(NC(=O)C(C)N2C3C=C(c4ccnn4C)CC2CC3)cc1C. The fourth-order valence-corrected chi connectivity index (χ4v) is 4.55. The van der Waals surface area contributed by atoms with Gasteiger partial charge >= 0.3 is 0 Å². The molecule has 27 heavy (non-hydrogen) atoms. The highest BCUT2D eigenvalue weighted by molar-refractivity contribution is 5.94. The van der Waals surface area contributed by atoms with Crippen molar-refractivity contribution < 1.29 is 4.79 Å². The minimum atomic E-state index is -0.145. The van der Waals surface area contributed by atoms with Crippen molar-refractivity contribution in [3.63, 3.8) is 0 Å². The number of aryl methyl sites for hydroxylation is 3. The summed E-state index contributed by atoms with van der Waals surface area (Å²) in [5, 5.41) is 7.41. The van der Waals surface area contributed by atoms with E-state index >= 15 is 0 Å². The molecule has 1 amide bonds. The van der Waals surface area contributed by atoms with Gasteiger partial charge in [-0.15, -0.1) is 0 Å². The highest BCUT2D eigenvalue weighted by Gasteiger charge is 2.41. The zero-order chi connectivity index (χ0) is 19.1. The molecule has 0 saturated carbocycles. The number of rotatable bonds is 4. The van der Waals surface area contributed by atoms with E-state index in [1.165, 1.54) is 22.4 Å². The third-order valence-electron chi connectivity index (χ3n) is 6.20. The molecule has 1 fully saturated rings. The first kappa shape index (κ1) is 18.0. The molecule has 3 heterocycles. The van der Waals surface area contributed by atoms with Gasteiger partial charge in [0.25, 0.3) is 0 Å². The van der Waals surface area contributed by atoms with Gasteiger partial charge < -0.3 is 5.32 Å². The van der Waals surface area contributed by atoms with Crippen LogP contribution in [0.2, 0.25) is 0 Å². The van der Waals surface area contributed by atoms with Crippen molar-refractivity contribution in [3.05, 3.63) is 53.4 Å². The first-order chi connectivity index (χ1) is 12.9. The Balaban J connectivity index is 1.50. The Morgan fingerprint density at radius 1 is 1.22 bits per heavy atom. The summed E-state index contributed by atoms with van der Waals surface area (Å²) in [7, 11) is 1.99. The molecule has 1 N–H and O–H groups in total. The molecule has 5 heteroatoms. The highest BCUT2D eigenvalue weighted by Crippen LogP contribution is 2.39. The standard InChI is InChI=1S/C22H28N4O/c1-14-5-6-18(11-15(14)2)24-22(27)16(3)26-19-7-8-20(26)13-17(12-19)21-9-10-23-25(21)4/h5-6,9-12,16,19-20H,7-8,13H2,1-4H3,(H,24,27). The van der Waals surface area contributed by atoms with E-state index in [4.69, 9.17) is 0 Å². The molecule has 2 aliphatic heterocycles. The lowest BCUT2D eigenvalue weighted by Gasteiger charge is -2.37. The number of nitrogens with one attached hydrogen (secondary N) is 1. The van der Waals surface area contributed by atoms with E-state index in [2.05, 4.69) is 47.4 Å². The molecule has 142 valence electrons. The number of hydrogen-bond acceptors (Lipinski definition) is 3. The molecule has 4 rings (SSSR count). The molecule has 0 radical (unpaired) electrons. The van der Waals surface area contributed by atoms with Crippen molar-refractivity contribution in [3.8, 4) is 0 Å². The van der Waals surface area contributed by atoms with Gasteiger partial charge in [-0.25, -0.2) is 0 Å². The lowest BCUT2D eigenvalue weighted by Crippen LogP contribution is -2.49. The molecule has 2 aliphatic rings. The molecular weight excluding hydrogens is 336 g/mol. The van der Waals surface area contributed by atoms with E-state index in [1.807, 2.05) is 37.0 Å². The van der Waals surface area contributed by atoms with Crippen LogP contribution in [0.3, 0.4) is 0 Å². The largest absolute Gasteiger partial charge is 0.325 e. The average Bonchev–Trinajstić information content (AvgIpc) is 3.18. The van der Waals surface area contributed by atoms with E-state index in [-0.39, 0.29) is 11.9 Å². The van der Waals surface area contributed by atoms with E-state index in [1.54, 1.807) is 0 Å².